The van der Waals surface area contributed by atoms with Crippen LogP contribution < -0.4 is 15.4 Å². The first-order valence-electron chi connectivity index (χ1n) is 13.5. The molecule has 0 saturated carbocycles. The molecule has 2 heterocycles. The van der Waals surface area contributed by atoms with Gasteiger partial charge in [-0.15, -0.1) is 0 Å². The van der Waals surface area contributed by atoms with Crippen LogP contribution in [0.25, 0.3) is 0 Å². The average Bonchev–Trinajstić information content (AvgIpc) is 2.92. The zero-order valence-electron chi connectivity index (χ0n) is 22.9. The Labute approximate surface area is 221 Å². The van der Waals surface area contributed by atoms with Crippen LogP contribution in [-0.2, 0) is 16.0 Å². The molecule has 2 aromatic carbocycles. The van der Waals surface area contributed by atoms with Crippen molar-refractivity contribution in [2.24, 2.45) is 11.3 Å². The quantitative estimate of drug-likeness (QED) is 0.601. The third-order valence-corrected chi connectivity index (χ3v) is 7.54. The van der Waals surface area contributed by atoms with Crippen molar-refractivity contribution in [3.05, 3.63) is 65.2 Å². The monoisotopic (exact) mass is 506 g/mol. The predicted molar refractivity (Wildman–Crippen MR) is 146 cm³/mol. The normalized spacial score (nSPS) is 20.7. The Bertz CT molecular complexity index is 1100. The number of amides is 2. The Kier molecular flexibility index (Phi) is 8.55. The molecule has 2 aromatic rings. The SMILES string of the molecule is COc1ccccc1C1CN(C(=O)C(C)(C)Cc2cccc(C3CN(C(=O)C(C)C)CCN3)c2)CCN1. The molecule has 2 atom stereocenters. The molecule has 2 aliphatic heterocycles. The molecule has 2 aliphatic rings. The number of para-hydroxylation sites is 1. The lowest BCUT2D eigenvalue weighted by molar-refractivity contribution is -0.141. The van der Waals surface area contributed by atoms with Crippen molar-refractivity contribution in [2.45, 2.75) is 46.2 Å². The zero-order chi connectivity index (χ0) is 26.6. The van der Waals surface area contributed by atoms with E-state index in [1.165, 1.54) is 5.56 Å². The number of methoxy groups -OCH3 is 1. The number of hydrogen-bond donors (Lipinski definition) is 2. The Hall–Kier alpha value is -2.90. The number of carbonyl (C=O) groups is 2. The molecular formula is C30H42N4O3. The fourth-order valence-corrected chi connectivity index (χ4v) is 5.57. The van der Waals surface area contributed by atoms with Gasteiger partial charge in [0.25, 0.3) is 0 Å². The number of benzene rings is 2. The Morgan fingerprint density at radius 2 is 1.65 bits per heavy atom. The first-order chi connectivity index (χ1) is 17.7. The fraction of sp³-hybridized carbons (Fsp3) is 0.533. The van der Waals surface area contributed by atoms with Gasteiger partial charge in [-0.2, -0.15) is 0 Å². The number of carbonyl (C=O) groups excluding carboxylic acids is 2. The van der Waals surface area contributed by atoms with Crippen LogP contribution in [0.5, 0.6) is 5.75 Å². The van der Waals surface area contributed by atoms with E-state index < -0.39 is 5.41 Å². The second-order valence-electron chi connectivity index (χ2n) is 11.3. The maximum absolute atomic E-state index is 13.7. The minimum Gasteiger partial charge on any atom is -0.496 e. The number of nitrogens with one attached hydrogen (secondary N) is 2. The lowest BCUT2D eigenvalue weighted by Crippen LogP contribution is -2.52. The van der Waals surface area contributed by atoms with Crippen LogP contribution in [0.3, 0.4) is 0 Å². The Morgan fingerprint density at radius 3 is 2.38 bits per heavy atom. The van der Waals surface area contributed by atoms with Crippen molar-refractivity contribution in [3.8, 4) is 5.75 Å². The van der Waals surface area contributed by atoms with Gasteiger partial charge in [-0.1, -0.05) is 70.2 Å². The molecule has 2 amide bonds. The molecule has 0 spiro atoms. The van der Waals surface area contributed by atoms with E-state index in [9.17, 15) is 9.59 Å². The van der Waals surface area contributed by atoms with Gasteiger partial charge >= 0.3 is 0 Å². The summed E-state index contributed by atoms with van der Waals surface area (Å²) in [5.41, 5.74) is 2.85. The molecule has 0 aromatic heterocycles. The van der Waals surface area contributed by atoms with Crippen LogP contribution in [0.15, 0.2) is 48.5 Å². The van der Waals surface area contributed by atoms with Crippen LogP contribution in [0.1, 0.15) is 56.5 Å². The molecule has 200 valence electrons. The highest BCUT2D eigenvalue weighted by Crippen LogP contribution is 2.31. The largest absolute Gasteiger partial charge is 0.496 e. The van der Waals surface area contributed by atoms with Gasteiger partial charge in [0, 0.05) is 62.2 Å². The van der Waals surface area contributed by atoms with E-state index in [2.05, 4.69) is 41.0 Å². The van der Waals surface area contributed by atoms with Crippen LogP contribution in [-0.4, -0.2) is 68.0 Å². The lowest BCUT2D eigenvalue weighted by atomic mass is 9.83. The van der Waals surface area contributed by atoms with Crippen molar-refractivity contribution < 1.29 is 14.3 Å². The summed E-state index contributed by atoms with van der Waals surface area (Å²) >= 11 is 0. The molecule has 2 N–H and O–H groups in total. The van der Waals surface area contributed by atoms with Crippen molar-refractivity contribution in [1.29, 1.82) is 0 Å². The molecule has 37 heavy (non-hydrogen) atoms. The van der Waals surface area contributed by atoms with Crippen molar-refractivity contribution in [1.82, 2.24) is 20.4 Å². The molecule has 0 bridgehead atoms. The van der Waals surface area contributed by atoms with Gasteiger partial charge in [-0.3, -0.25) is 9.59 Å². The highest BCUT2D eigenvalue weighted by atomic mass is 16.5. The first kappa shape index (κ1) is 27.1. The van der Waals surface area contributed by atoms with Gasteiger partial charge in [0.15, 0.2) is 0 Å². The predicted octanol–water partition coefficient (Wildman–Crippen LogP) is 3.57. The van der Waals surface area contributed by atoms with E-state index >= 15 is 0 Å². The molecule has 7 heteroatoms. The number of ether oxygens (including phenoxy) is 1. The molecule has 2 fully saturated rings. The van der Waals surface area contributed by atoms with Crippen molar-refractivity contribution in [2.75, 3.05) is 46.4 Å². The second-order valence-corrected chi connectivity index (χ2v) is 11.3. The Balaban J connectivity index is 1.44. The lowest BCUT2D eigenvalue weighted by Gasteiger charge is -2.39. The highest BCUT2D eigenvalue weighted by molar-refractivity contribution is 5.82. The van der Waals surface area contributed by atoms with Gasteiger partial charge in [0.05, 0.1) is 13.2 Å². The van der Waals surface area contributed by atoms with E-state index in [1.807, 2.05) is 55.7 Å². The minimum absolute atomic E-state index is 0.00413. The van der Waals surface area contributed by atoms with Crippen LogP contribution in [0, 0.1) is 11.3 Å². The number of piperazine rings is 2. The molecule has 2 unspecified atom stereocenters. The first-order valence-corrected chi connectivity index (χ1v) is 13.5. The molecule has 0 radical (unpaired) electrons. The van der Waals surface area contributed by atoms with Gasteiger partial charge in [0.2, 0.25) is 11.8 Å². The van der Waals surface area contributed by atoms with Crippen molar-refractivity contribution in [3.63, 3.8) is 0 Å². The molecular weight excluding hydrogens is 464 g/mol. The number of rotatable bonds is 7. The summed E-state index contributed by atoms with van der Waals surface area (Å²) in [6.07, 6.45) is 0.657. The average molecular weight is 507 g/mol. The van der Waals surface area contributed by atoms with E-state index in [1.54, 1.807) is 7.11 Å². The third-order valence-electron chi connectivity index (χ3n) is 7.54. The molecule has 7 nitrogen and oxygen atoms in total. The van der Waals surface area contributed by atoms with Crippen LogP contribution >= 0.6 is 0 Å². The number of hydrogen-bond acceptors (Lipinski definition) is 5. The van der Waals surface area contributed by atoms with Gasteiger partial charge in [-0.05, 0) is 23.6 Å². The standard InChI is InChI=1S/C30H42N4O3/c1-21(2)28(35)33-15-13-31-25(19-33)23-10-8-9-22(17-23)18-30(3,4)29(36)34-16-14-32-26(20-34)24-11-6-7-12-27(24)37-5/h6-12,17,21,25-26,31-32H,13-16,18-20H2,1-5H3. The van der Waals surface area contributed by atoms with Gasteiger partial charge in [0.1, 0.15) is 5.75 Å². The zero-order valence-corrected chi connectivity index (χ0v) is 22.9. The summed E-state index contributed by atoms with van der Waals surface area (Å²) in [6.45, 7) is 12.3. The van der Waals surface area contributed by atoms with Crippen LogP contribution in [0.2, 0.25) is 0 Å². The summed E-state index contributed by atoms with van der Waals surface area (Å²) in [5, 5.41) is 7.12. The van der Waals surface area contributed by atoms with Crippen LogP contribution in [0.4, 0.5) is 0 Å². The smallest absolute Gasteiger partial charge is 0.228 e. The van der Waals surface area contributed by atoms with E-state index in [4.69, 9.17) is 4.74 Å². The molecule has 4 rings (SSSR count). The second kappa shape index (κ2) is 11.7. The summed E-state index contributed by atoms with van der Waals surface area (Å²) in [4.78, 5) is 30.2. The topological polar surface area (TPSA) is 73.9 Å². The molecule has 0 aliphatic carbocycles. The fourth-order valence-electron chi connectivity index (χ4n) is 5.57. The maximum Gasteiger partial charge on any atom is 0.228 e. The van der Waals surface area contributed by atoms with E-state index in [0.29, 0.717) is 26.1 Å². The molecule has 2 saturated heterocycles. The van der Waals surface area contributed by atoms with Gasteiger partial charge < -0.3 is 25.2 Å². The summed E-state index contributed by atoms with van der Waals surface area (Å²) in [5.74, 6) is 1.22. The highest BCUT2D eigenvalue weighted by Gasteiger charge is 2.35. The Morgan fingerprint density at radius 1 is 0.973 bits per heavy atom. The van der Waals surface area contributed by atoms with Crippen molar-refractivity contribution >= 4 is 11.8 Å². The van der Waals surface area contributed by atoms with Gasteiger partial charge in [-0.25, -0.2) is 0 Å². The van der Waals surface area contributed by atoms with E-state index in [-0.39, 0.29) is 29.8 Å². The summed E-state index contributed by atoms with van der Waals surface area (Å²) in [6, 6.07) is 16.6. The summed E-state index contributed by atoms with van der Waals surface area (Å²) < 4.78 is 5.56. The third kappa shape index (κ3) is 6.33. The number of nitrogens with zero attached hydrogens (tertiary/aromatic N) is 2. The summed E-state index contributed by atoms with van der Waals surface area (Å²) in [7, 11) is 1.68. The maximum atomic E-state index is 13.7. The van der Waals surface area contributed by atoms with E-state index in [0.717, 1.165) is 36.5 Å². The minimum atomic E-state index is -0.541.